The largest absolute Gasteiger partial charge is 0.495 e. The molecule has 8 nitrogen and oxygen atoms in total. The first-order valence-corrected chi connectivity index (χ1v) is 11.8. The van der Waals surface area contributed by atoms with Crippen molar-refractivity contribution >= 4 is 50.6 Å². The van der Waals surface area contributed by atoms with Crippen molar-refractivity contribution in [2.75, 3.05) is 14.2 Å². The fraction of sp³-hybridized carbons (Fsp3) is 0.320. The van der Waals surface area contributed by atoms with Crippen molar-refractivity contribution in [1.29, 1.82) is 0 Å². The van der Waals surface area contributed by atoms with Crippen LogP contribution in [0.2, 0.25) is 5.02 Å². The lowest BCUT2D eigenvalue weighted by atomic mass is 9.93. The SMILES string of the molecule is COc1ccc(-c2oc3c(Br)cc(CNC(=O)OC(=O)CC(C)(C)C)cc3c(=O)c2OC)cc1Cl. The fourth-order valence-electron chi connectivity index (χ4n) is 3.36. The van der Waals surface area contributed by atoms with Crippen LogP contribution >= 0.6 is 27.5 Å². The third-order valence-corrected chi connectivity index (χ3v) is 5.79. The zero-order chi connectivity index (χ0) is 25.9. The van der Waals surface area contributed by atoms with Gasteiger partial charge in [0, 0.05) is 12.1 Å². The van der Waals surface area contributed by atoms with E-state index < -0.39 is 17.5 Å². The normalized spacial score (nSPS) is 11.3. The van der Waals surface area contributed by atoms with Crippen molar-refractivity contribution in [3.63, 3.8) is 0 Å². The standard InChI is InChI=1S/C25H25BrClNO7/c1-25(2,3)11-19(29)34-24(31)28-12-13-8-15-20(30)23(33-5)21(35-22(15)16(26)9-13)14-6-7-18(32-4)17(27)10-14/h6-10H,11-12H2,1-5H3,(H,28,31). The molecule has 0 radical (unpaired) electrons. The molecular weight excluding hydrogens is 542 g/mol. The van der Waals surface area contributed by atoms with Crippen LogP contribution in [0.4, 0.5) is 4.79 Å². The van der Waals surface area contributed by atoms with Crippen molar-refractivity contribution in [3.05, 3.63) is 55.6 Å². The lowest BCUT2D eigenvalue weighted by molar-refractivity contribution is -0.139. The number of amides is 1. The van der Waals surface area contributed by atoms with E-state index in [2.05, 4.69) is 21.2 Å². The number of carbonyl (C=O) groups excluding carboxylic acids is 2. The first-order valence-electron chi connectivity index (χ1n) is 10.6. The van der Waals surface area contributed by atoms with E-state index in [4.69, 9.17) is 30.2 Å². The quantitative estimate of drug-likeness (QED) is 0.285. The molecule has 0 unspecified atom stereocenters. The van der Waals surface area contributed by atoms with Crippen LogP contribution in [0.3, 0.4) is 0 Å². The molecule has 0 aliphatic rings. The average molecular weight is 567 g/mol. The van der Waals surface area contributed by atoms with E-state index in [0.717, 1.165) is 0 Å². The van der Waals surface area contributed by atoms with Crippen LogP contribution in [0.1, 0.15) is 32.8 Å². The number of carbonyl (C=O) groups is 2. The first kappa shape index (κ1) is 26.6. The van der Waals surface area contributed by atoms with Crippen molar-refractivity contribution in [1.82, 2.24) is 5.32 Å². The van der Waals surface area contributed by atoms with Gasteiger partial charge in [-0.05, 0) is 57.2 Å². The molecule has 1 N–H and O–H groups in total. The van der Waals surface area contributed by atoms with E-state index in [0.29, 0.717) is 32.0 Å². The van der Waals surface area contributed by atoms with Gasteiger partial charge in [-0.2, -0.15) is 0 Å². The van der Waals surface area contributed by atoms with Crippen molar-refractivity contribution in [2.45, 2.75) is 33.7 Å². The summed E-state index contributed by atoms with van der Waals surface area (Å²) >= 11 is 9.68. The van der Waals surface area contributed by atoms with Crippen LogP contribution in [-0.4, -0.2) is 26.3 Å². The Hall–Kier alpha value is -3.04. The summed E-state index contributed by atoms with van der Waals surface area (Å²) < 4.78 is 21.9. The van der Waals surface area contributed by atoms with E-state index in [1.165, 1.54) is 14.2 Å². The van der Waals surface area contributed by atoms with Crippen molar-refractivity contribution in [3.8, 4) is 22.8 Å². The highest BCUT2D eigenvalue weighted by molar-refractivity contribution is 9.10. The number of rotatable bonds is 6. The molecule has 1 amide bonds. The molecule has 3 aromatic rings. The van der Waals surface area contributed by atoms with Gasteiger partial charge in [-0.1, -0.05) is 32.4 Å². The van der Waals surface area contributed by atoms with Gasteiger partial charge in [0.15, 0.2) is 11.3 Å². The minimum absolute atomic E-state index is 0.00271. The molecule has 10 heteroatoms. The van der Waals surface area contributed by atoms with Crippen molar-refractivity contribution < 1.29 is 28.2 Å². The number of halogens is 2. The number of hydrogen-bond donors (Lipinski definition) is 1. The van der Waals surface area contributed by atoms with Gasteiger partial charge >= 0.3 is 12.1 Å². The summed E-state index contributed by atoms with van der Waals surface area (Å²) in [4.78, 5) is 37.1. The predicted octanol–water partition coefficient (Wildman–Crippen LogP) is 6.08. The van der Waals surface area contributed by atoms with E-state index in [1.54, 1.807) is 30.3 Å². The second-order valence-electron chi connectivity index (χ2n) is 8.95. The molecule has 0 bridgehead atoms. The minimum Gasteiger partial charge on any atom is -0.495 e. The predicted molar refractivity (Wildman–Crippen MR) is 136 cm³/mol. The number of nitrogens with one attached hydrogen (secondary N) is 1. The molecule has 0 fully saturated rings. The summed E-state index contributed by atoms with van der Waals surface area (Å²) in [6.07, 6.45) is -0.767. The Morgan fingerprint density at radius 3 is 2.43 bits per heavy atom. The molecule has 0 saturated carbocycles. The number of alkyl carbamates (subject to hydrolysis) is 1. The van der Waals surface area contributed by atoms with Crippen LogP contribution in [-0.2, 0) is 16.1 Å². The number of hydrogen-bond acceptors (Lipinski definition) is 7. The van der Waals surface area contributed by atoms with Gasteiger partial charge in [-0.3, -0.25) is 9.59 Å². The number of methoxy groups -OCH3 is 2. The summed E-state index contributed by atoms with van der Waals surface area (Å²) in [6.45, 7) is 5.63. The summed E-state index contributed by atoms with van der Waals surface area (Å²) in [5.41, 5.74) is 0.709. The Kier molecular flexibility index (Phi) is 8.12. The highest BCUT2D eigenvalue weighted by Gasteiger charge is 2.21. The Morgan fingerprint density at radius 2 is 1.83 bits per heavy atom. The summed E-state index contributed by atoms with van der Waals surface area (Å²) in [7, 11) is 2.88. The molecule has 0 saturated heterocycles. The maximum atomic E-state index is 13.3. The van der Waals surface area contributed by atoms with Crippen LogP contribution in [0.25, 0.3) is 22.3 Å². The highest BCUT2D eigenvalue weighted by Crippen LogP contribution is 2.37. The number of fused-ring (bicyclic) bond motifs is 1. The Balaban J connectivity index is 1.91. The molecule has 186 valence electrons. The van der Waals surface area contributed by atoms with Crippen LogP contribution in [0.5, 0.6) is 11.5 Å². The van der Waals surface area contributed by atoms with Gasteiger partial charge in [-0.15, -0.1) is 0 Å². The Morgan fingerprint density at radius 1 is 1.11 bits per heavy atom. The van der Waals surface area contributed by atoms with Gasteiger partial charge in [0.05, 0.1) is 35.5 Å². The van der Waals surface area contributed by atoms with Gasteiger partial charge < -0.3 is 23.9 Å². The van der Waals surface area contributed by atoms with Gasteiger partial charge in [0.2, 0.25) is 11.2 Å². The third kappa shape index (κ3) is 6.35. The molecule has 35 heavy (non-hydrogen) atoms. The van der Waals surface area contributed by atoms with E-state index in [-0.39, 0.29) is 35.3 Å². The zero-order valence-electron chi connectivity index (χ0n) is 19.9. The second kappa shape index (κ2) is 10.7. The average Bonchev–Trinajstić information content (AvgIpc) is 2.76. The zero-order valence-corrected chi connectivity index (χ0v) is 22.3. The summed E-state index contributed by atoms with van der Waals surface area (Å²) in [6, 6.07) is 8.26. The Labute approximate surface area is 215 Å². The highest BCUT2D eigenvalue weighted by atomic mass is 79.9. The lowest BCUT2D eigenvalue weighted by Gasteiger charge is -2.16. The van der Waals surface area contributed by atoms with Crippen LogP contribution in [0.15, 0.2) is 44.0 Å². The number of benzene rings is 2. The first-order chi connectivity index (χ1) is 16.4. The molecule has 0 aliphatic heterocycles. The van der Waals surface area contributed by atoms with Crippen LogP contribution in [0, 0.1) is 5.41 Å². The molecule has 1 heterocycles. The molecule has 2 aromatic carbocycles. The lowest BCUT2D eigenvalue weighted by Crippen LogP contribution is -2.28. The van der Waals surface area contributed by atoms with E-state index in [9.17, 15) is 14.4 Å². The molecule has 3 rings (SSSR count). The number of ether oxygens (including phenoxy) is 3. The van der Waals surface area contributed by atoms with Crippen molar-refractivity contribution in [2.24, 2.45) is 5.41 Å². The monoisotopic (exact) mass is 565 g/mol. The van der Waals surface area contributed by atoms with Gasteiger partial charge in [-0.25, -0.2) is 4.79 Å². The fourth-order valence-corrected chi connectivity index (χ4v) is 4.21. The van der Waals surface area contributed by atoms with Crippen LogP contribution < -0.4 is 20.2 Å². The second-order valence-corrected chi connectivity index (χ2v) is 10.2. The maximum absolute atomic E-state index is 13.3. The van der Waals surface area contributed by atoms with E-state index in [1.807, 2.05) is 20.8 Å². The topological polar surface area (TPSA) is 104 Å². The molecule has 0 spiro atoms. The van der Waals surface area contributed by atoms with Gasteiger partial charge in [0.25, 0.3) is 0 Å². The number of esters is 1. The Bertz CT molecular complexity index is 1340. The minimum atomic E-state index is -0.869. The third-order valence-electron chi connectivity index (χ3n) is 4.90. The molecular formula is C25H25BrClNO7. The summed E-state index contributed by atoms with van der Waals surface area (Å²) in [5.74, 6) is 0.0747. The molecule has 1 aromatic heterocycles. The molecule has 0 atom stereocenters. The maximum Gasteiger partial charge on any atom is 0.415 e. The van der Waals surface area contributed by atoms with E-state index >= 15 is 0 Å². The summed E-state index contributed by atoms with van der Waals surface area (Å²) in [5, 5.41) is 3.11. The molecule has 0 aliphatic carbocycles. The van der Waals surface area contributed by atoms with Gasteiger partial charge in [0.1, 0.15) is 5.75 Å². The smallest absolute Gasteiger partial charge is 0.415 e.